The minimum Gasteiger partial charge on any atom is -0.473 e. The predicted octanol–water partition coefficient (Wildman–Crippen LogP) is 3.82. The van der Waals surface area contributed by atoms with Crippen LogP contribution in [0.15, 0.2) is 42.5 Å². The number of carbonyl (C=O) groups excluding carboxylic acids is 1. The molecule has 1 atom stereocenters. The number of hydrogen-bond acceptors (Lipinski definition) is 6. The molecule has 0 radical (unpaired) electrons. The van der Waals surface area contributed by atoms with Crippen LogP contribution in [-0.2, 0) is 17.8 Å². The van der Waals surface area contributed by atoms with E-state index in [1.807, 2.05) is 36.9 Å². The van der Waals surface area contributed by atoms with Crippen LogP contribution < -0.4 is 9.47 Å². The second-order valence-corrected chi connectivity index (χ2v) is 9.19. The number of nitrogens with zero attached hydrogens (tertiary/aromatic N) is 5. The molecule has 8 nitrogen and oxygen atoms in total. The molecule has 5 rings (SSSR count). The van der Waals surface area contributed by atoms with Gasteiger partial charge in [-0.25, -0.2) is 0 Å². The Morgan fingerprint density at radius 1 is 1.00 bits per heavy atom. The van der Waals surface area contributed by atoms with Gasteiger partial charge in [-0.05, 0) is 50.3 Å². The lowest BCUT2D eigenvalue weighted by molar-refractivity contribution is -0.133. The lowest BCUT2D eigenvalue weighted by atomic mass is 9.89. The lowest BCUT2D eigenvalue weighted by Gasteiger charge is -2.32. The highest BCUT2D eigenvalue weighted by atomic mass is 16.5. The number of piperidine rings is 1. The van der Waals surface area contributed by atoms with Gasteiger partial charge in [-0.15, -0.1) is 10.2 Å². The minimum atomic E-state index is 0.0160. The van der Waals surface area contributed by atoms with Crippen LogP contribution in [0.25, 0.3) is 0 Å². The molecule has 1 aliphatic heterocycles. The summed E-state index contributed by atoms with van der Waals surface area (Å²) in [6.07, 6.45) is 4.75. The van der Waals surface area contributed by atoms with E-state index in [4.69, 9.17) is 9.47 Å². The molecular weight excluding hydrogens is 430 g/mol. The maximum atomic E-state index is 12.7. The number of rotatable bonds is 6. The summed E-state index contributed by atoms with van der Waals surface area (Å²) in [7, 11) is 0. The summed E-state index contributed by atoms with van der Waals surface area (Å²) in [6.45, 7) is 5.52. The molecule has 8 heteroatoms. The van der Waals surface area contributed by atoms with Crippen molar-refractivity contribution in [3.8, 4) is 11.8 Å². The van der Waals surface area contributed by atoms with E-state index in [-0.39, 0.29) is 24.7 Å². The Morgan fingerprint density at radius 2 is 1.74 bits per heavy atom. The zero-order valence-corrected chi connectivity index (χ0v) is 19.8. The molecule has 1 amide bonds. The van der Waals surface area contributed by atoms with Gasteiger partial charge >= 0.3 is 0 Å². The normalized spacial score (nSPS) is 18.4. The van der Waals surface area contributed by atoms with Crippen LogP contribution in [0.2, 0.25) is 0 Å². The first kappa shape index (κ1) is 22.4. The minimum absolute atomic E-state index is 0.0160. The van der Waals surface area contributed by atoms with Crippen LogP contribution >= 0.6 is 0 Å². The van der Waals surface area contributed by atoms with Gasteiger partial charge in [-0.3, -0.25) is 9.48 Å². The molecule has 34 heavy (non-hydrogen) atoms. The van der Waals surface area contributed by atoms with E-state index >= 15 is 0 Å². The molecule has 1 saturated heterocycles. The molecule has 0 N–H and O–H groups in total. The first-order valence-corrected chi connectivity index (χ1v) is 12.1. The third-order valence-corrected chi connectivity index (χ3v) is 6.66. The summed E-state index contributed by atoms with van der Waals surface area (Å²) in [6, 6.07) is 14.1. The monoisotopic (exact) mass is 461 g/mol. The van der Waals surface area contributed by atoms with Gasteiger partial charge in [0.1, 0.15) is 18.8 Å². The van der Waals surface area contributed by atoms with Crippen LogP contribution in [0.4, 0.5) is 0 Å². The van der Waals surface area contributed by atoms with Crippen molar-refractivity contribution in [3.63, 3.8) is 0 Å². The van der Waals surface area contributed by atoms with Gasteiger partial charge in [0, 0.05) is 43.8 Å². The van der Waals surface area contributed by atoms with E-state index in [0.717, 1.165) is 43.5 Å². The van der Waals surface area contributed by atoms with Crippen molar-refractivity contribution in [2.75, 3.05) is 13.1 Å². The smallest absolute Gasteiger partial charge is 0.244 e. The Bertz CT molecular complexity index is 1140. The summed E-state index contributed by atoms with van der Waals surface area (Å²) in [5.74, 6) is 1.10. The highest BCUT2D eigenvalue weighted by Crippen LogP contribution is 2.33. The summed E-state index contributed by atoms with van der Waals surface area (Å²) >= 11 is 0. The fraction of sp³-hybridized carbons (Fsp3) is 0.462. The molecule has 0 saturated carbocycles. The average Bonchev–Trinajstić information content (AvgIpc) is 3.17. The topological polar surface area (TPSA) is 82.4 Å². The molecule has 1 fully saturated rings. The van der Waals surface area contributed by atoms with Crippen molar-refractivity contribution in [1.29, 1.82) is 0 Å². The van der Waals surface area contributed by atoms with E-state index in [2.05, 4.69) is 39.6 Å². The highest BCUT2D eigenvalue weighted by Gasteiger charge is 2.25. The molecule has 0 spiro atoms. The molecule has 0 bridgehead atoms. The van der Waals surface area contributed by atoms with Crippen LogP contribution in [0.5, 0.6) is 11.8 Å². The van der Waals surface area contributed by atoms with Gasteiger partial charge in [0.05, 0.1) is 5.69 Å². The fourth-order valence-electron chi connectivity index (χ4n) is 4.87. The van der Waals surface area contributed by atoms with Gasteiger partial charge in [-0.1, -0.05) is 24.3 Å². The molecular formula is C26H31N5O3. The van der Waals surface area contributed by atoms with Crippen molar-refractivity contribution in [2.24, 2.45) is 0 Å². The van der Waals surface area contributed by atoms with Gasteiger partial charge in [0.15, 0.2) is 0 Å². The van der Waals surface area contributed by atoms with Crippen molar-refractivity contribution in [1.82, 2.24) is 24.9 Å². The number of aryl methyl sites for hydroxylation is 3. The maximum absolute atomic E-state index is 12.7. The summed E-state index contributed by atoms with van der Waals surface area (Å²) < 4.78 is 14.0. The van der Waals surface area contributed by atoms with E-state index in [9.17, 15) is 4.79 Å². The van der Waals surface area contributed by atoms with Gasteiger partial charge < -0.3 is 14.4 Å². The molecule has 1 aromatic carbocycles. The Hall–Kier alpha value is -3.42. The summed E-state index contributed by atoms with van der Waals surface area (Å²) in [4.78, 5) is 14.5. The Kier molecular flexibility index (Phi) is 6.47. The zero-order valence-electron chi connectivity index (χ0n) is 19.8. The molecule has 1 unspecified atom stereocenters. The van der Waals surface area contributed by atoms with Crippen LogP contribution in [0, 0.1) is 13.8 Å². The molecule has 3 heterocycles. The quantitative estimate of drug-likeness (QED) is 0.555. The number of carbonyl (C=O) groups is 1. The molecule has 178 valence electrons. The zero-order chi connectivity index (χ0) is 23.5. The first-order chi connectivity index (χ1) is 16.5. The largest absolute Gasteiger partial charge is 0.473 e. The molecule has 1 aliphatic carbocycles. The summed E-state index contributed by atoms with van der Waals surface area (Å²) in [5, 5.41) is 12.9. The average molecular weight is 462 g/mol. The Balaban J connectivity index is 1.11. The number of benzene rings is 1. The van der Waals surface area contributed by atoms with Crippen LogP contribution in [0.3, 0.4) is 0 Å². The lowest BCUT2D eigenvalue weighted by Crippen LogP contribution is -2.43. The standard InChI is InChI=1S/C26H31N5O3/c1-18-16-19(2)31(29-18)17-26(32)30-14-12-21(13-15-30)33-24-10-11-25(28-27-24)34-23-9-5-7-20-6-3-4-8-22(20)23/h3-4,6,8,10-11,16,21,23H,5,7,9,12-15,17H2,1-2H3. The van der Waals surface area contributed by atoms with Gasteiger partial charge in [-0.2, -0.15) is 5.10 Å². The van der Waals surface area contributed by atoms with E-state index in [1.54, 1.807) is 4.68 Å². The predicted molar refractivity (Wildman–Crippen MR) is 127 cm³/mol. The summed E-state index contributed by atoms with van der Waals surface area (Å²) in [5.41, 5.74) is 4.53. The Morgan fingerprint density at radius 3 is 2.44 bits per heavy atom. The van der Waals surface area contributed by atoms with Crippen molar-refractivity contribution >= 4 is 5.91 Å². The highest BCUT2D eigenvalue weighted by molar-refractivity contribution is 5.76. The van der Waals surface area contributed by atoms with Crippen molar-refractivity contribution in [3.05, 3.63) is 65.0 Å². The second-order valence-electron chi connectivity index (χ2n) is 9.19. The number of hydrogen-bond donors (Lipinski definition) is 0. The van der Waals surface area contributed by atoms with Crippen molar-refractivity contribution < 1.29 is 14.3 Å². The van der Waals surface area contributed by atoms with Crippen LogP contribution in [0.1, 0.15) is 54.3 Å². The Labute approximate surface area is 199 Å². The van der Waals surface area contributed by atoms with Crippen LogP contribution in [-0.4, -0.2) is 50.0 Å². The maximum Gasteiger partial charge on any atom is 0.244 e. The van der Waals surface area contributed by atoms with E-state index in [0.29, 0.717) is 24.8 Å². The fourth-order valence-corrected chi connectivity index (χ4v) is 4.87. The number of amides is 1. The SMILES string of the molecule is Cc1cc(C)n(CC(=O)N2CCC(Oc3ccc(OC4CCCc5ccccc54)nn3)CC2)n1. The number of likely N-dealkylation sites (tertiary alicyclic amines) is 1. The number of aromatic nitrogens is 4. The molecule has 2 aliphatic rings. The number of ether oxygens (including phenoxy) is 2. The third-order valence-electron chi connectivity index (χ3n) is 6.66. The third kappa shape index (κ3) is 5.05. The first-order valence-electron chi connectivity index (χ1n) is 12.1. The van der Waals surface area contributed by atoms with Crippen molar-refractivity contribution in [2.45, 2.75) is 64.7 Å². The van der Waals surface area contributed by atoms with Gasteiger partial charge in [0.2, 0.25) is 17.7 Å². The molecule has 2 aromatic heterocycles. The van der Waals surface area contributed by atoms with Gasteiger partial charge in [0.25, 0.3) is 0 Å². The molecule has 3 aromatic rings. The van der Waals surface area contributed by atoms with E-state index < -0.39 is 0 Å². The van der Waals surface area contributed by atoms with E-state index in [1.165, 1.54) is 11.1 Å². The number of fused-ring (bicyclic) bond motifs is 1. The second kappa shape index (κ2) is 9.83.